The van der Waals surface area contributed by atoms with E-state index in [9.17, 15) is 18.4 Å². The minimum atomic E-state index is -4.38. The van der Waals surface area contributed by atoms with E-state index in [1.54, 1.807) is 29.1 Å². The van der Waals surface area contributed by atoms with Crippen LogP contribution >= 0.6 is 0 Å². The van der Waals surface area contributed by atoms with Crippen LogP contribution in [0, 0.1) is 11.3 Å². The van der Waals surface area contributed by atoms with E-state index in [1.165, 1.54) is 12.1 Å². The van der Waals surface area contributed by atoms with E-state index in [2.05, 4.69) is 16.0 Å². The molecule has 0 amide bonds. The van der Waals surface area contributed by atoms with Crippen molar-refractivity contribution < 1.29 is 13.2 Å². The lowest BCUT2D eigenvalue weighted by molar-refractivity contribution is -0.137. The van der Waals surface area contributed by atoms with Crippen LogP contribution in [0.15, 0.2) is 67.1 Å². The van der Waals surface area contributed by atoms with Crippen molar-refractivity contribution in [2.24, 2.45) is 0 Å². The zero-order chi connectivity index (χ0) is 21.3. The third kappa shape index (κ3) is 3.70. The zero-order valence-electron chi connectivity index (χ0n) is 15.9. The van der Waals surface area contributed by atoms with Crippen LogP contribution in [-0.4, -0.2) is 21.4 Å². The molecule has 0 aliphatic carbocycles. The van der Waals surface area contributed by atoms with Crippen molar-refractivity contribution in [1.82, 2.24) is 14.4 Å². The first kappa shape index (κ1) is 19.5. The summed E-state index contributed by atoms with van der Waals surface area (Å²) < 4.78 is 40.3. The average Bonchev–Trinajstić information content (AvgIpc) is 3.16. The van der Waals surface area contributed by atoms with Gasteiger partial charge in [-0.1, -0.05) is 24.3 Å². The maximum absolute atomic E-state index is 12.8. The number of halogens is 3. The first-order valence-electron chi connectivity index (χ1n) is 9.06. The monoisotopic (exact) mass is 407 g/mol. The molecule has 0 atom stereocenters. The summed E-state index contributed by atoms with van der Waals surface area (Å²) in [5.41, 5.74) is 3.26. The highest BCUT2D eigenvalue weighted by Crippen LogP contribution is 2.31. The normalized spacial score (nSPS) is 11.4. The van der Waals surface area contributed by atoms with Gasteiger partial charge in [0.2, 0.25) is 0 Å². The summed E-state index contributed by atoms with van der Waals surface area (Å²) in [6, 6.07) is 14.4. The summed E-state index contributed by atoms with van der Waals surface area (Å²) in [6.45, 7) is 0.444. The second-order valence-electron chi connectivity index (χ2n) is 6.81. The lowest BCUT2D eigenvalue weighted by Gasteiger charge is -2.20. The van der Waals surface area contributed by atoms with Gasteiger partial charge in [-0.15, -0.1) is 0 Å². The second kappa shape index (κ2) is 7.52. The lowest BCUT2D eigenvalue weighted by Crippen LogP contribution is -2.18. The molecule has 0 saturated carbocycles. The fourth-order valence-corrected chi connectivity index (χ4v) is 3.28. The molecule has 0 N–H and O–H groups in total. The van der Waals surface area contributed by atoms with Gasteiger partial charge in [-0.25, -0.2) is 4.98 Å². The van der Waals surface area contributed by atoms with E-state index in [0.29, 0.717) is 29.0 Å². The largest absolute Gasteiger partial charge is 0.416 e. The van der Waals surface area contributed by atoms with E-state index in [-0.39, 0.29) is 0 Å². The third-order valence-corrected chi connectivity index (χ3v) is 4.79. The fourth-order valence-electron chi connectivity index (χ4n) is 3.28. The molecule has 0 saturated heterocycles. The smallest absolute Gasteiger partial charge is 0.368 e. The molecule has 2 heterocycles. The first-order valence-corrected chi connectivity index (χ1v) is 9.06. The van der Waals surface area contributed by atoms with Gasteiger partial charge in [0.05, 0.1) is 47.1 Å². The predicted octanol–water partition coefficient (Wildman–Crippen LogP) is 4.92. The van der Waals surface area contributed by atoms with E-state index in [0.717, 1.165) is 23.5 Å². The molecular formula is C22H16F3N5. The Labute approximate surface area is 170 Å². The topological polar surface area (TPSA) is 57.2 Å². The van der Waals surface area contributed by atoms with Crippen LogP contribution in [0.5, 0.6) is 0 Å². The van der Waals surface area contributed by atoms with Gasteiger partial charge in [0.15, 0.2) is 5.65 Å². The van der Waals surface area contributed by atoms with Crippen LogP contribution in [0.2, 0.25) is 0 Å². The second-order valence-corrected chi connectivity index (χ2v) is 6.81. The van der Waals surface area contributed by atoms with E-state index in [4.69, 9.17) is 0 Å². The lowest BCUT2D eigenvalue weighted by atomic mass is 10.1. The molecule has 2 aromatic heterocycles. The molecule has 0 spiro atoms. The Morgan fingerprint density at radius 2 is 1.77 bits per heavy atom. The Kier molecular flexibility index (Phi) is 4.88. The summed E-state index contributed by atoms with van der Waals surface area (Å²) in [6.07, 6.45) is 0.658. The van der Waals surface area contributed by atoms with Crippen LogP contribution in [0.25, 0.3) is 16.9 Å². The van der Waals surface area contributed by atoms with Gasteiger partial charge in [-0.05, 0) is 24.3 Å². The maximum Gasteiger partial charge on any atom is 0.416 e. The molecule has 0 fully saturated rings. The Morgan fingerprint density at radius 3 is 2.47 bits per heavy atom. The number of aromatic nitrogens is 3. The molecule has 30 heavy (non-hydrogen) atoms. The summed E-state index contributed by atoms with van der Waals surface area (Å²) in [7, 11) is 1.87. The van der Waals surface area contributed by atoms with Gasteiger partial charge in [0.1, 0.15) is 6.07 Å². The van der Waals surface area contributed by atoms with E-state index in [1.807, 2.05) is 30.1 Å². The Balaban J connectivity index is 1.66. The average molecular weight is 407 g/mol. The summed E-state index contributed by atoms with van der Waals surface area (Å²) in [4.78, 5) is 10.6. The summed E-state index contributed by atoms with van der Waals surface area (Å²) in [5, 5.41) is 9.30. The van der Waals surface area contributed by atoms with Gasteiger partial charge >= 0.3 is 6.18 Å². The molecule has 2 aromatic carbocycles. The molecule has 5 nitrogen and oxygen atoms in total. The number of rotatable bonds is 4. The van der Waals surface area contributed by atoms with Gasteiger partial charge in [-0.2, -0.15) is 18.4 Å². The molecule has 0 aliphatic rings. The van der Waals surface area contributed by atoms with Crippen LogP contribution in [0.4, 0.5) is 18.9 Å². The van der Waals surface area contributed by atoms with Crippen molar-refractivity contribution in [3.8, 4) is 17.3 Å². The summed E-state index contributed by atoms with van der Waals surface area (Å²) in [5.74, 6) is 0. The number of nitrogens with zero attached hydrogens (tertiary/aromatic N) is 5. The van der Waals surface area contributed by atoms with E-state index < -0.39 is 11.7 Å². The Bertz CT molecular complexity index is 1240. The predicted molar refractivity (Wildman–Crippen MR) is 107 cm³/mol. The number of alkyl halides is 3. The SMILES string of the molecule is CN(Cc1cn2c(-c3ccc(C(F)(F)F)cc3)cnc2cn1)c1ccccc1C#N. The molecule has 4 rings (SSSR count). The summed E-state index contributed by atoms with van der Waals surface area (Å²) >= 11 is 0. The molecule has 0 aliphatic heterocycles. The number of nitriles is 1. The van der Waals surface area contributed by atoms with Crippen molar-refractivity contribution in [2.45, 2.75) is 12.7 Å². The van der Waals surface area contributed by atoms with Crippen molar-refractivity contribution in [3.05, 3.63) is 83.9 Å². The van der Waals surface area contributed by atoms with Gasteiger partial charge in [0.25, 0.3) is 0 Å². The third-order valence-electron chi connectivity index (χ3n) is 4.79. The van der Waals surface area contributed by atoms with Gasteiger partial charge in [-0.3, -0.25) is 9.38 Å². The highest BCUT2D eigenvalue weighted by atomic mass is 19.4. The molecule has 8 heteroatoms. The van der Waals surface area contributed by atoms with Crippen LogP contribution < -0.4 is 4.90 Å². The van der Waals surface area contributed by atoms with Crippen LogP contribution in [-0.2, 0) is 12.7 Å². The number of benzene rings is 2. The highest BCUT2D eigenvalue weighted by molar-refractivity contribution is 5.64. The molecule has 4 aromatic rings. The van der Waals surface area contributed by atoms with Crippen molar-refractivity contribution in [2.75, 3.05) is 11.9 Å². The standard InChI is InChI=1S/C22H16F3N5/c1-29(19-5-3-2-4-16(19)10-26)13-18-14-30-20(11-28-21(30)12-27-18)15-6-8-17(9-7-15)22(23,24)25/h2-9,11-12,14H,13H2,1H3. The minimum Gasteiger partial charge on any atom is -0.368 e. The first-order chi connectivity index (χ1) is 14.4. The maximum atomic E-state index is 12.8. The van der Waals surface area contributed by atoms with Crippen molar-refractivity contribution >= 4 is 11.3 Å². The van der Waals surface area contributed by atoms with Crippen LogP contribution in [0.1, 0.15) is 16.8 Å². The zero-order valence-corrected chi connectivity index (χ0v) is 15.9. The quantitative estimate of drug-likeness (QED) is 0.482. The number of imidazole rings is 1. The molecule has 150 valence electrons. The van der Waals surface area contributed by atoms with Gasteiger partial charge in [0, 0.05) is 18.8 Å². The number of hydrogen-bond acceptors (Lipinski definition) is 4. The van der Waals surface area contributed by atoms with Gasteiger partial charge < -0.3 is 4.90 Å². The molecule has 0 bridgehead atoms. The Hall–Kier alpha value is -3.86. The molecule has 0 unspecified atom stereocenters. The van der Waals surface area contributed by atoms with Crippen molar-refractivity contribution in [1.29, 1.82) is 5.26 Å². The number of para-hydroxylation sites is 1. The minimum absolute atomic E-state index is 0.444. The van der Waals surface area contributed by atoms with Crippen molar-refractivity contribution in [3.63, 3.8) is 0 Å². The molecular weight excluding hydrogens is 391 g/mol. The fraction of sp³-hybridized carbons (Fsp3) is 0.136. The Morgan fingerprint density at radius 1 is 1.03 bits per heavy atom. The number of fused-ring (bicyclic) bond motifs is 1. The highest BCUT2D eigenvalue weighted by Gasteiger charge is 2.30. The molecule has 0 radical (unpaired) electrons. The van der Waals surface area contributed by atoms with E-state index >= 15 is 0 Å². The number of hydrogen-bond donors (Lipinski definition) is 0. The van der Waals surface area contributed by atoms with Crippen LogP contribution in [0.3, 0.4) is 0 Å². The number of anilines is 1.